The molecule has 0 radical (unpaired) electrons. The largest absolute Gasteiger partial charge is 0.478 e. The predicted molar refractivity (Wildman–Crippen MR) is 65.4 cm³/mol. The number of pyridine rings is 1. The highest BCUT2D eigenvalue weighted by atomic mass is 19.4. The number of nitrogens with zero attached hydrogens (tertiary/aromatic N) is 1. The Bertz CT molecular complexity index is 624. The Labute approximate surface area is 112 Å². The highest BCUT2D eigenvalue weighted by Crippen LogP contribution is 2.33. The quantitative estimate of drug-likeness (QED) is 0.938. The van der Waals surface area contributed by atoms with E-state index in [1.807, 2.05) is 0 Å². The van der Waals surface area contributed by atoms with E-state index < -0.39 is 23.3 Å². The van der Waals surface area contributed by atoms with Gasteiger partial charge in [-0.15, -0.1) is 0 Å². The third kappa shape index (κ3) is 3.14. The summed E-state index contributed by atoms with van der Waals surface area (Å²) in [5.74, 6) is -1.59. The summed E-state index contributed by atoms with van der Waals surface area (Å²) in [4.78, 5) is 14.7. The van der Waals surface area contributed by atoms with Gasteiger partial charge in [0.15, 0.2) is 0 Å². The van der Waals surface area contributed by atoms with Gasteiger partial charge in [0.1, 0.15) is 0 Å². The fourth-order valence-electron chi connectivity index (χ4n) is 1.86. The van der Waals surface area contributed by atoms with Crippen LogP contribution in [0.25, 0.3) is 0 Å². The maximum atomic E-state index is 12.9. The Morgan fingerprint density at radius 1 is 1.10 bits per heavy atom. The molecule has 0 saturated carbocycles. The lowest BCUT2D eigenvalue weighted by Gasteiger charge is -2.12. The first-order valence-electron chi connectivity index (χ1n) is 5.70. The van der Waals surface area contributed by atoms with Crippen LogP contribution in [0.4, 0.5) is 13.2 Å². The number of aromatic carboxylic acids is 1. The molecule has 6 heteroatoms. The van der Waals surface area contributed by atoms with Crippen LogP contribution in [0.3, 0.4) is 0 Å². The first-order valence-corrected chi connectivity index (χ1v) is 5.70. The van der Waals surface area contributed by atoms with E-state index in [-0.39, 0.29) is 6.42 Å². The van der Waals surface area contributed by atoms with Gasteiger partial charge in [0.05, 0.1) is 11.1 Å². The van der Waals surface area contributed by atoms with Crippen LogP contribution in [0, 0.1) is 0 Å². The number of carboxylic acids is 1. The average Bonchev–Trinajstić information content (AvgIpc) is 2.38. The summed E-state index contributed by atoms with van der Waals surface area (Å²) in [5.41, 5.74) is -0.669. The zero-order chi connectivity index (χ0) is 14.8. The van der Waals surface area contributed by atoms with Crippen molar-refractivity contribution in [2.45, 2.75) is 12.6 Å². The molecule has 0 amide bonds. The number of aromatic nitrogens is 1. The summed E-state index contributed by atoms with van der Waals surface area (Å²) < 4.78 is 38.6. The summed E-state index contributed by atoms with van der Waals surface area (Å²) in [6.45, 7) is 0. The molecule has 2 aromatic rings. The molecule has 0 saturated heterocycles. The van der Waals surface area contributed by atoms with Gasteiger partial charge in [-0.05, 0) is 41.8 Å². The molecule has 0 aliphatic carbocycles. The third-order valence-corrected chi connectivity index (χ3v) is 2.78. The summed E-state index contributed by atoms with van der Waals surface area (Å²) in [5, 5.41) is 8.80. The van der Waals surface area contributed by atoms with E-state index in [0.717, 1.165) is 17.7 Å². The van der Waals surface area contributed by atoms with Crippen molar-refractivity contribution in [3.05, 3.63) is 65.0 Å². The summed E-state index contributed by atoms with van der Waals surface area (Å²) in [6, 6.07) is 6.64. The second-order valence-electron chi connectivity index (χ2n) is 4.22. The maximum Gasteiger partial charge on any atom is 0.417 e. The monoisotopic (exact) mass is 281 g/mol. The van der Waals surface area contributed by atoms with E-state index in [1.165, 1.54) is 6.07 Å². The van der Waals surface area contributed by atoms with E-state index in [9.17, 15) is 18.0 Å². The molecule has 20 heavy (non-hydrogen) atoms. The van der Waals surface area contributed by atoms with Crippen molar-refractivity contribution in [2.24, 2.45) is 0 Å². The fraction of sp³-hybridized carbons (Fsp3) is 0.143. The van der Waals surface area contributed by atoms with E-state index in [1.54, 1.807) is 24.5 Å². The van der Waals surface area contributed by atoms with Crippen molar-refractivity contribution in [1.82, 2.24) is 4.98 Å². The number of benzene rings is 1. The Morgan fingerprint density at radius 2 is 1.75 bits per heavy atom. The normalized spacial score (nSPS) is 11.3. The van der Waals surface area contributed by atoms with Gasteiger partial charge in [0.2, 0.25) is 0 Å². The van der Waals surface area contributed by atoms with Gasteiger partial charge in [0.25, 0.3) is 0 Å². The van der Waals surface area contributed by atoms with E-state index in [0.29, 0.717) is 5.56 Å². The molecule has 1 heterocycles. The molecule has 3 nitrogen and oxygen atoms in total. The number of carboxylic acid groups (broad SMARTS) is 1. The summed E-state index contributed by atoms with van der Waals surface area (Å²) in [6.07, 6.45) is -1.31. The van der Waals surface area contributed by atoms with Crippen LogP contribution in [0.5, 0.6) is 0 Å². The SMILES string of the molecule is O=C(O)c1ccc(Cc2ccncc2)cc1C(F)(F)F. The van der Waals surface area contributed by atoms with Gasteiger partial charge in [-0.25, -0.2) is 4.79 Å². The van der Waals surface area contributed by atoms with Crippen molar-refractivity contribution in [3.8, 4) is 0 Å². The molecule has 0 aliphatic rings. The maximum absolute atomic E-state index is 12.9. The molecule has 0 fully saturated rings. The molecule has 0 aliphatic heterocycles. The molecule has 1 N–H and O–H groups in total. The smallest absolute Gasteiger partial charge is 0.417 e. The van der Waals surface area contributed by atoms with Crippen molar-refractivity contribution in [1.29, 1.82) is 0 Å². The fourth-order valence-corrected chi connectivity index (χ4v) is 1.86. The van der Waals surface area contributed by atoms with Crippen molar-refractivity contribution < 1.29 is 23.1 Å². The Balaban J connectivity index is 2.40. The van der Waals surface area contributed by atoms with Crippen LogP contribution in [0.1, 0.15) is 27.0 Å². The molecule has 2 rings (SSSR count). The van der Waals surface area contributed by atoms with E-state index in [4.69, 9.17) is 5.11 Å². The lowest BCUT2D eigenvalue weighted by atomic mass is 9.99. The van der Waals surface area contributed by atoms with Crippen LogP contribution in [-0.2, 0) is 12.6 Å². The number of alkyl halides is 3. The molecule has 1 aromatic carbocycles. The van der Waals surface area contributed by atoms with Gasteiger partial charge >= 0.3 is 12.1 Å². The number of hydrogen-bond donors (Lipinski definition) is 1. The minimum Gasteiger partial charge on any atom is -0.478 e. The van der Waals surface area contributed by atoms with Gasteiger partial charge in [0, 0.05) is 12.4 Å². The molecule has 0 spiro atoms. The average molecular weight is 281 g/mol. The minimum atomic E-state index is -4.69. The molecule has 1 aromatic heterocycles. The van der Waals surface area contributed by atoms with Crippen LogP contribution in [0.2, 0.25) is 0 Å². The van der Waals surface area contributed by atoms with Crippen molar-refractivity contribution >= 4 is 5.97 Å². The second kappa shape index (κ2) is 5.32. The number of carbonyl (C=O) groups is 1. The van der Waals surface area contributed by atoms with E-state index >= 15 is 0 Å². The number of rotatable bonds is 3. The molecular weight excluding hydrogens is 271 g/mol. The standard InChI is InChI=1S/C14H10F3NO2/c15-14(16,17)12-8-10(1-2-11(12)13(19)20)7-9-3-5-18-6-4-9/h1-6,8H,7H2,(H,19,20). The van der Waals surface area contributed by atoms with Gasteiger partial charge in [-0.1, -0.05) is 6.07 Å². The highest BCUT2D eigenvalue weighted by molar-refractivity contribution is 5.89. The lowest BCUT2D eigenvalue weighted by Crippen LogP contribution is -2.13. The molecular formula is C14H10F3NO2. The Hall–Kier alpha value is -2.37. The van der Waals surface area contributed by atoms with Crippen LogP contribution in [0.15, 0.2) is 42.7 Å². The van der Waals surface area contributed by atoms with Crippen LogP contribution in [-0.4, -0.2) is 16.1 Å². The third-order valence-electron chi connectivity index (χ3n) is 2.78. The topological polar surface area (TPSA) is 50.2 Å². The summed E-state index contributed by atoms with van der Waals surface area (Å²) in [7, 11) is 0. The second-order valence-corrected chi connectivity index (χ2v) is 4.22. The molecule has 0 atom stereocenters. The van der Waals surface area contributed by atoms with Gasteiger partial charge in [-0.2, -0.15) is 13.2 Å². The van der Waals surface area contributed by atoms with Gasteiger partial charge < -0.3 is 5.11 Å². The minimum absolute atomic E-state index is 0.283. The van der Waals surface area contributed by atoms with Crippen LogP contribution < -0.4 is 0 Å². The first-order chi connectivity index (χ1) is 9.38. The van der Waals surface area contributed by atoms with Crippen molar-refractivity contribution in [2.75, 3.05) is 0 Å². The predicted octanol–water partition coefficient (Wildman–Crippen LogP) is 3.39. The van der Waals surface area contributed by atoms with E-state index in [2.05, 4.69) is 4.98 Å². The van der Waals surface area contributed by atoms with Crippen molar-refractivity contribution in [3.63, 3.8) is 0 Å². The lowest BCUT2D eigenvalue weighted by molar-refractivity contribution is -0.138. The zero-order valence-corrected chi connectivity index (χ0v) is 10.2. The first kappa shape index (κ1) is 14.0. The molecule has 0 bridgehead atoms. The summed E-state index contributed by atoms with van der Waals surface area (Å²) >= 11 is 0. The van der Waals surface area contributed by atoms with Gasteiger partial charge in [-0.3, -0.25) is 4.98 Å². The zero-order valence-electron chi connectivity index (χ0n) is 10.2. The Morgan fingerprint density at radius 3 is 2.30 bits per heavy atom. The number of hydrogen-bond acceptors (Lipinski definition) is 2. The number of halogens is 3. The molecule has 104 valence electrons. The molecule has 0 unspecified atom stereocenters. The van der Waals surface area contributed by atoms with Crippen LogP contribution >= 0.6 is 0 Å². The Kier molecular flexibility index (Phi) is 3.74. The highest BCUT2D eigenvalue weighted by Gasteiger charge is 2.35.